The summed E-state index contributed by atoms with van der Waals surface area (Å²) in [5, 5.41) is 3.15. The number of nitrogens with one attached hydrogen (secondary N) is 1. The molecule has 1 saturated carbocycles. The molecular weight excluding hydrogens is 424 g/mol. The third-order valence-corrected chi connectivity index (χ3v) is 6.66. The highest BCUT2D eigenvalue weighted by Gasteiger charge is 2.41. The smallest absolute Gasteiger partial charge is 0.408 e. The van der Waals surface area contributed by atoms with Crippen LogP contribution in [0.4, 0.5) is 4.79 Å². The monoisotopic (exact) mass is 456 g/mol. The zero-order valence-electron chi connectivity index (χ0n) is 20.3. The summed E-state index contributed by atoms with van der Waals surface area (Å²) in [4.78, 5) is 22.1. The van der Waals surface area contributed by atoms with E-state index in [-0.39, 0.29) is 17.6 Å². The number of nitrogens with zero attached hydrogens (tertiary/aromatic N) is 3. The molecular formula is C28H32N4O2. The van der Waals surface area contributed by atoms with Crippen LogP contribution < -0.4 is 5.32 Å². The normalized spacial score (nSPS) is 19.1. The maximum atomic E-state index is 12.5. The van der Waals surface area contributed by atoms with Crippen molar-refractivity contribution in [1.82, 2.24) is 19.7 Å². The Morgan fingerprint density at radius 2 is 1.88 bits per heavy atom. The largest absolute Gasteiger partial charge is 0.444 e. The van der Waals surface area contributed by atoms with Gasteiger partial charge in [0.15, 0.2) is 0 Å². The molecule has 1 N–H and O–H groups in total. The van der Waals surface area contributed by atoms with E-state index in [1.165, 1.54) is 0 Å². The molecule has 0 saturated heterocycles. The van der Waals surface area contributed by atoms with Crippen LogP contribution in [0.3, 0.4) is 0 Å². The summed E-state index contributed by atoms with van der Waals surface area (Å²) in [5.74, 6) is 0.963. The Morgan fingerprint density at radius 3 is 2.50 bits per heavy atom. The van der Waals surface area contributed by atoms with Gasteiger partial charge in [0.25, 0.3) is 0 Å². The predicted octanol–water partition coefficient (Wildman–Crippen LogP) is 6.21. The lowest BCUT2D eigenvalue weighted by molar-refractivity contribution is 0.0377. The quantitative estimate of drug-likeness (QED) is 0.507. The Bertz CT molecular complexity index is 1270. The minimum Gasteiger partial charge on any atom is -0.444 e. The van der Waals surface area contributed by atoms with E-state index >= 15 is 0 Å². The number of fused-ring (bicyclic) bond motifs is 1. The molecule has 2 aromatic heterocycles. The third-order valence-electron chi connectivity index (χ3n) is 6.66. The lowest BCUT2D eigenvalue weighted by Gasteiger charge is -2.43. The number of ether oxygens (including phenoxy) is 1. The SMILES string of the molecule is Cc1ccn2c(C3C=CC=CC3)c(-c3ccc(C4(NC(=O)OC(C)(C)C)CCC4)cc3)nc2n1. The molecule has 1 unspecified atom stereocenters. The fourth-order valence-electron chi connectivity index (χ4n) is 4.85. The molecule has 6 heteroatoms. The Balaban J connectivity index is 1.49. The van der Waals surface area contributed by atoms with Gasteiger partial charge in [-0.05, 0) is 65.0 Å². The lowest BCUT2D eigenvalue weighted by atomic mass is 9.71. The van der Waals surface area contributed by atoms with Crippen LogP contribution in [0, 0.1) is 6.92 Å². The zero-order chi connectivity index (χ0) is 23.9. The predicted molar refractivity (Wildman–Crippen MR) is 134 cm³/mol. The van der Waals surface area contributed by atoms with Gasteiger partial charge in [0.05, 0.1) is 16.9 Å². The lowest BCUT2D eigenvalue weighted by Crippen LogP contribution is -2.52. The van der Waals surface area contributed by atoms with Gasteiger partial charge in [0, 0.05) is 23.4 Å². The van der Waals surface area contributed by atoms with Crippen LogP contribution >= 0.6 is 0 Å². The molecule has 1 aromatic carbocycles. The maximum absolute atomic E-state index is 12.5. The molecule has 1 atom stereocenters. The van der Waals surface area contributed by atoms with Crippen LogP contribution in [0.2, 0.25) is 0 Å². The summed E-state index contributed by atoms with van der Waals surface area (Å²) >= 11 is 0. The molecule has 34 heavy (non-hydrogen) atoms. The number of imidazole rings is 1. The molecule has 6 nitrogen and oxygen atoms in total. The molecule has 176 valence electrons. The Labute approximate surface area is 200 Å². The average molecular weight is 457 g/mol. The highest BCUT2D eigenvalue weighted by Crippen LogP contribution is 2.42. The van der Waals surface area contributed by atoms with Crippen molar-refractivity contribution in [2.75, 3.05) is 0 Å². The number of amides is 1. The van der Waals surface area contributed by atoms with Crippen molar-refractivity contribution in [3.8, 4) is 11.3 Å². The first-order chi connectivity index (χ1) is 16.2. The molecule has 2 aliphatic rings. The maximum Gasteiger partial charge on any atom is 0.408 e. The van der Waals surface area contributed by atoms with Gasteiger partial charge in [-0.15, -0.1) is 0 Å². The van der Waals surface area contributed by atoms with Crippen LogP contribution in [0.25, 0.3) is 17.0 Å². The zero-order valence-corrected chi connectivity index (χ0v) is 20.3. The Morgan fingerprint density at radius 1 is 1.12 bits per heavy atom. The number of aryl methyl sites for hydroxylation is 1. The molecule has 0 spiro atoms. The van der Waals surface area contributed by atoms with Gasteiger partial charge >= 0.3 is 6.09 Å². The third kappa shape index (κ3) is 4.25. The first-order valence-electron chi connectivity index (χ1n) is 12.1. The first-order valence-corrected chi connectivity index (χ1v) is 12.1. The van der Waals surface area contributed by atoms with Crippen molar-refractivity contribution in [2.24, 2.45) is 0 Å². The number of carbonyl (C=O) groups excluding carboxylic acids is 1. The van der Waals surface area contributed by atoms with Gasteiger partial charge in [-0.25, -0.2) is 14.8 Å². The minimum absolute atomic E-state index is 0.242. The van der Waals surface area contributed by atoms with E-state index in [9.17, 15) is 4.79 Å². The average Bonchev–Trinajstić information content (AvgIpc) is 3.14. The van der Waals surface area contributed by atoms with Crippen LogP contribution in [0.15, 0.2) is 60.8 Å². The Kier molecular flexibility index (Phi) is 5.54. The van der Waals surface area contributed by atoms with Crippen molar-refractivity contribution in [1.29, 1.82) is 0 Å². The summed E-state index contributed by atoms with van der Waals surface area (Å²) in [5.41, 5.74) is 4.33. The highest BCUT2D eigenvalue weighted by atomic mass is 16.6. The van der Waals surface area contributed by atoms with Gasteiger partial charge < -0.3 is 10.1 Å². The van der Waals surface area contributed by atoms with Crippen molar-refractivity contribution in [2.45, 2.75) is 70.4 Å². The van der Waals surface area contributed by atoms with E-state index in [1.807, 2.05) is 33.8 Å². The minimum atomic E-state index is -0.520. The van der Waals surface area contributed by atoms with Crippen molar-refractivity contribution in [3.05, 3.63) is 77.8 Å². The van der Waals surface area contributed by atoms with Gasteiger partial charge in [-0.1, -0.05) is 48.6 Å². The van der Waals surface area contributed by atoms with Gasteiger partial charge in [-0.3, -0.25) is 4.40 Å². The molecule has 0 radical (unpaired) electrons. The number of allylic oxidation sites excluding steroid dienone is 4. The molecule has 0 aliphatic heterocycles. The van der Waals surface area contributed by atoms with E-state index < -0.39 is 5.60 Å². The van der Waals surface area contributed by atoms with Gasteiger partial charge in [-0.2, -0.15) is 0 Å². The molecule has 1 fully saturated rings. The molecule has 1 amide bonds. The number of rotatable bonds is 4. The van der Waals surface area contributed by atoms with E-state index in [0.717, 1.165) is 59.7 Å². The van der Waals surface area contributed by atoms with Crippen LogP contribution in [0.1, 0.15) is 69.3 Å². The number of carbonyl (C=O) groups is 1. The summed E-state index contributed by atoms with van der Waals surface area (Å²) < 4.78 is 7.64. The second-order valence-corrected chi connectivity index (χ2v) is 10.4. The summed E-state index contributed by atoms with van der Waals surface area (Å²) in [6.07, 6.45) is 14.2. The van der Waals surface area contributed by atoms with E-state index in [0.29, 0.717) is 0 Å². The molecule has 2 aliphatic carbocycles. The van der Waals surface area contributed by atoms with Crippen LogP contribution in [0.5, 0.6) is 0 Å². The van der Waals surface area contributed by atoms with E-state index in [4.69, 9.17) is 9.72 Å². The van der Waals surface area contributed by atoms with Crippen molar-refractivity contribution >= 4 is 11.9 Å². The van der Waals surface area contributed by atoms with Gasteiger partial charge in [0.2, 0.25) is 5.78 Å². The molecule has 3 aromatic rings. The second kappa shape index (κ2) is 8.42. The fraction of sp³-hybridized carbons (Fsp3) is 0.393. The second-order valence-electron chi connectivity index (χ2n) is 10.4. The molecule has 0 bridgehead atoms. The number of hydrogen-bond donors (Lipinski definition) is 1. The summed E-state index contributed by atoms with van der Waals surface area (Å²) in [6, 6.07) is 10.5. The van der Waals surface area contributed by atoms with Crippen molar-refractivity contribution < 1.29 is 9.53 Å². The number of hydrogen-bond acceptors (Lipinski definition) is 4. The van der Waals surface area contributed by atoms with Crippen LogP contribution in [-0.4, -0.2) is 26.1 Å². The number of alkyl carbamates (subject to hydrolysis) is 1. The van der Waals surface area contributed by atoms with Crippen LogP contribution in [-0.2, 0) is 10.3 Å². The first kappa shape index (κ1) is 22.4. The summed E-state index contributed by atoms with van der Waals surface area (Å²) in [6.45, 7) is 7.64. The fourth-order valence-corrected chi connectivity index (χ4v) is 4.85. The molecule has 5 rings (SSSR count). The van der Waals surface area contributed by atoms with E-state index in [1.54, 1.807) is 0 Å². The Hall–Kier alpha value is -3.41. The van der Waals surface area contributed by atoms with Crippen molar-refractivity contribution in [3.63, 3.8) is 0 Å². The number of aromatic nitrogens is 3. The highest BCUT2D eigenvalue weighted by molar-refractivity contribution is 5.70. The standard InChI is InChI=1S/C28H32N4O2/c1-19-15-18-32-24(21-9-6-5-7-10-21)23(30-25(32)29-19)20-11-13-22(14-12-20)28(16-8-17-28)31-26(33)34-27(2,3)4/h5-7,9,11-15,18,21H,8,10,16-17H2,1-4H3,(H,31,33). The van der Waals surface area contributed by atoms with Gasteiger partial charge in [0.1, 0.15) is 5.60 Å². The summed E-state index contributed by atoms with van der Waals surface area (Å²) in [7, 11) is 0. The van der Waals surface area contributed by atoms with E-state index in [2.05, 4.69) is 69.5 Å². The topological polar surface area (TPSA) is 68.5 Å². The number of benzene rings is 1. The molecule has 2 heterocycles.